The Morgan fingerprint density at radius 1 is 1.03 bits per heavy atom. The van der Waals surface area contributed by atoms with Crippen molar-refractivity contribution in [2.75, 3.05) is 0 Å². The number of ether oxygens (including phenoxy) is 1. The van der Waals surface area contributed by atoms with Gasteiger partial charge in [-0.3, -0.25) is 19.3 Å². The van der Waals surface area contributed by atoms with Crippen molar-refractivity contribution >= 4 is 15.9 Å². The topological polar surface area (TPSA) is 69.9 Å². The molecule has 0 bridgehead atoms. The molecule has 0 unspecified atom stereocenters. The fraction of sp³-hybridized carbons (Fsp3) is 0.167. The summed E-state index contributed by atoms with van der Waals surface area (Å²) in [4.78, 5) is 25.9. The van der Waals surface area contributed by atoms with E-state index in [1.54, 1.807) is 30.7 Å². The summed E-state index contributed by atoms with van der Waals surface area (Å²) in [5.74, 6) is -1.27. The van der Waals surface area contributed by atoms with Gasteiger partial charge in [0, 0.05) is 24.0 Å². The Kier molecular flexibility index (Phi) is 6.33. The Morgan fingerprint density at radius 3 is 2.55 bits per heavy atom. The fourth-order valence-corrected chi connectivity index (χ4v) is 3.73. The van der Waals surface area contributed by atoms with Crippen molar-refractivity contribution in [2.45, 2.75) is 27.4 Å². The zero-order valence-electron chi connectivity index (χ0n) is 18.1. The highest BCUT2D eigenvalue weighted by Gasteiger charge is 2.16. The van der Waals surface area contributed by atoms with Crippen LogP contribution in [0.4, 0.5) is 8.78 Å². The lowest BCUT2D eigenvalue weighted by Gasteiger charge is -2.17. The lowest BCUT2D eigenvalue weighted by atomic mass is 10.1. The third-order valence-corrected chi connectivity index (χ3v) is 5.57. The Labute approximate surface area is 197 Å². The Balaban J connectivity index is 1.72. The van der Waals surface area contributed by atoms with E-state index in [9.17, 15) is 13.6 Å². The average molecular weight is 513 g/mol. The highest BCUT2D eigenvalue weighted by atomic mass is 79.9. The smallest absolute Gasteiger partial charge is 0.261 e. The molecule has 0 aliphatic carbocycles. The van der Waals surface area contributed by atoms with Gasteiger partial charge in [-0.25, -0.2) is 13.8 Å². The summed E-state index contributed by atoms with van der Waals surface area (Å²) in [6, 6.07) is 9.78. The number of nitrogens with zero attached hydrogens (tertiary/aromatic N) is 4. The van der Waals surface area contributed by atoms with Crippen LogP contribution in [0.25, 0.3) is 17.1 Å². The summed E-state index contributed by atoms with van der Waals surface area (Å²) in [6.45, 7) is 5.05. The predicted octanol–water partition coefficient (Wildman–Crippen LogP) is 5.23. The van der Waals surface area contributed by atoms with Crippen LogP contribution in [0.1, 0.15) is 22.5 Å². The van der Waals surface area contributed by atoms with E-state index in [1.807, 2.05) is 31.2 Å². The second-order valence-corrected chi connectivity index (χ2v) is 8.30. The van der Waals surface area contributed by atoms with Crippen LogP contribution < -0.4 is 10.3 Å². The third-order valence-electron chi connectivity index (χ3n) is 5.13. The first-order valence-corrected chi connectivity index (χ1v) is 10.8. The average Bonchev–Trinajstić information content (AvgIpc) is 2.77. The fourth-order valence-electron chi connectivity index (χ4n) is 3.39. The van der Waals surface area contributed by atoms with Crippen molar-refractivity contribution in [3.63, 3.8) is 0 Å². The summed E-state index contributed by atoms with van der Waals surface area (Å²) in [5, 5.41) is 0. The van der Waals surface area contributed by atoms with Gasteiger partial charge in [0.1, 0.15) is 28.5 Å². The van der Waals surface area contributed by atoms with E-state index < -0.39 is 11.6 Å². The molecule has 0 atom stereocenters. The minimum absolute atomic E-state index is 0.0474. The Bertz CT molecular complexity index is 1420. The summed E-state index contributed by atoms with van der Waals surface area (Å²) >= 11 is 3.36. The van der Waals surface area contributed by atoms with Gasteiger partial charge in [0.25, 0.3) is 5.56 Å². The van der Waals surface area contributed by atoms with Crippen molar-refractivity contribution in [3.8, 4) is 22.8 Å². The molecule has 4 aromatic rings. The predicted molar refractivity (Wildman–Crippen MR) is 123 cm³/mol. The molecule has 0 saturated heterocycles. The summed E-state index contributed by atoms with van der Waals surface area (Å²) in [5.41, 5.74) is 3.42. The molecule has 33 heavy (non-hydrogen) atoms. The highest BCUT2D eigenvalue weighted by Crippen LogP contribution is 2.25. The van der Waals surface area contributed by atoms with Crippen molar-refractivity contribution in [1.82, 2.24) is 19.5 Å². The molecule has 0 N–H and O–H groups in total. The quantitative estimate of drug-likeness (QED) is 0.342. The van der Waals surface area contributed by atoms with E-state index in [2.05, 4.69) is 30.9 Å². The van der Waals surface area contributed by atoms with Gasteiger partial charge >= 0.3 is 0 Å². The molecule has 4 heterocycles. The van der Waals surface area contributed by atoms with Gasteiger partial charge in [-0.1, -0.05) is 6.07 Å². The first-order chi connectivity index (χ1) is 15.7. The first kappa shape index (κ1) is 22.7. The van der Waals surface area contributed by atoms with Crippen molar-refractivity contribution in [2.24, 2.45) is 0 Å². The molecule has 4 aromatic heterocycles. The van der Waals surface area contributed by atoms with Crippen LogP contribution in [0.15, 0.2) is 58.2 Å². The van der Waals surface area contributed by atoms with Gasteiger partial charge in [-0.2, -0.15) is 0 Å². The van der Waals surface area contributed by atoms with Gasteiger partial charge in [0.15, 0.2) is 5.82 Å². The molecule has 0 aliphatic heterocycles. The van der Waals surface area contributed by atoms with Gasteiger partial charge in [-0.15, -0.1) is 0 Å². The summed E-state index contributed by atoms with van der Waals surface area (Å²) in [7, 11) is 0. The van der Waals surface area contributed by atoms with Crippen LogP contribution in [0.5, 0.6) is 5.75 Å². The molecule has 0 spiro atoms. The van der Waals surface area contributed by atoms with Crippen LogP contribution in [0, 0.1) is 32.4 Å². The van der Waals surface area contributed by atoms with Crippen molar-refractivity contribution < 1.29 is 13.5 Å². The van der Waals surface area contributed by atoms with Gasteiger partial charge in [-0.05, 0) is 60.5 Å². The lowest BCUT2D eigenvalue weighted by molar-refractivity contribution is 0.290. The molecule has 0 radical (unpaired) electrons. The minimum Gasteiger partial charge on any atom is -0.487 e. The van der Waals surface area contributed by atoms with Gasteiger partial charge in [0.2, 0.25) is 0 Å². The molecule has 6 nitrogen and oxygen atoms in total. The number of rotatable bonds is 5. The number of halogens is 3. The van der Waals surface area contributed by atoms with Crippen LogP contribution in [0.2, 0.25) is 0 Å². The van der Waals surface area contributed by atoms with E-state index in [1.165, 1.54) is 0 Å². The molecular formula is C24H19BrF2N4O2. The second-order valence-electron chi connectivity index (χ2n) is 7.49. The highest BCUT2D eigenvalue weighted by molar-refractivity contribution is 9.10. The van der Waals surface area contributed by atoms with Crippen molar-refractivity contribution in [3.05, 3.63) is 97.9 Å². The minimum atomic E-state index is -0.807. The maximum Gasteiger partial charge on any atom is 0.261 e. The molecular weight excluding hydrogens is 494 g/mol. The third kappa shape index (κ3) is 4.68. The first-order valence-electron chi connectivity index (χ1n) is 10.0. The number of hydrogen-bond acceptors (Lipinski definition) is 5. The number of aromatic nitrogens is 4. The molecule has 0 saturated carbocycles. The molecule has 0 aromatic carbocycles. The van der Waals surface area contributed by atoms with Crippen LogP contribution in [0.3, 0.4) is 0 Å². The van der Waals surface area contributed by atoms with E-state index >= 15 is 0 Å². The van der Waals surface area contributed by atoms with Crippen molar-refractivity contribution in [1.29, 1.82) is 0 Å². The maximum absolute atomic E-state index is 13.9. The number of aryl methyl sites for hydroxylation is 2. The van der Waals surface area contributed by atoms with Crippen LogP contribution in [-0.4, -0.2) is 19.5 Å². The maximum atomic E-state index is 13.9. The van der Waals surface area contributed by atoms with E-state index in [-0.39, 0.29) is 17.9 Å². The Morgan fingerprint density at radius 2 is 1.82 bits per heavy atom. The second kappa shape index (κ2) is 9.19. The molecule has 0 fully saturated rings. The molecule has 9 heteroatoms. The van der Waals surface area contributed by atoms with Gasteiger partial charge < -0.3 is 4.74 Å². The number of pyridine rings is 4. The van der Waals surface area contributed by atoms with E-state index in [0.29, 0.717) is 38.7 Å². The van der Waals surface area contributed by atoms with Crippen LogP contribution in [-0.2, 0) is 6.61 Å². The molecule has 4 rings (SSSR count). The monoisotopic (exact) mass is 512 g/mol. The molecule has 0 aliphatic rings. The van der Waals surface area contributed by atoms with E-state index in [4.69, 9.17) is 4.74 Å². The lowest BCUT2D eigenvalue weighted by Crippen LogP contribution is -2.24. The Hall–Kier alpha value is -3.46. The number of hydrogen-bond donors (Lipinski definition) is 0. The van der Waals surface area contributed by atoms with E-state index in [0.717, 1.165) is 17.8 Å². The zero-order chi connectivity index (χ0) is 23.7. The normalized spacial score (nSPS) is 11.0. The largest absolute Gasteiger partial charge is 0.487 e. The molecule has 0 amide bonds. The van der Waals surface area contributed by atoms with Gasteiger partial charge in [0.05, 0.1) is 28.8 Å². The summed E-state index contributed by atoms with van der Waals surface area (Å²) < 4.78 is 34.9. The SMILES string of the molecule is Cc1cnc(-c2cccc(Br)n2)cc1-n1c(C)cc(OCc2ncc(F)cc2F)c(C)c1=O. The molecule has 168 valence electrons. The standard InChI is InChI=1S/C24H19BrF2N4O2/c1-13-10-28-19(18-5-4-6-23(25)30-18)9-21(13)31-14(2)7-22(15(3)24(31)32)33-12-20-17(27)8-16(26)11-29-20/h4-11H,12H2,1-3H3. The van der Waals surface area contributed by atoms with Crippen LogP contribution >= 0.6 is 15.9 Å². The zero-order valence-corrected chi connectivity index (χ0v) is 19.7. The summed E-state index contributed by atoms with van der Waals surface area (Å²) in [6.07, 6.45) is 2.61.